The molecule has 2 aromatic carbocycles. The fourth-order valence-corrected chi connectivity index (χ4v) is 5.99. The van der Waals surface area contributed by atoms with Crippen molar-refractivity contribution in [2.24, 2.45) is 0 Å². The van der Waals surface area contributed by atoms with Crippen molar-refractivity contribution in [3.05, 3.63) is 96.0 Å². The predicted molar refractivity (Wildman–Crippen MR) is 159 cm³/mol. The van der Waals surface area contributed by atoms with Gasteiger partial charge in [-0.1, -0.05) is 18.2 Å². The number of nitrogens with zero attached hydrogens (tertiary/aromatic N) is 5. The summed E-state index contributed by atoms with van der Waals surface area (Å²) in [5.41, 5.74) is 5.65. The van der Waals surface area contributed by atoms with Crippen LogP contribution in [-0.2, 0) is 17.8 Å². The number of pyridine rings is 1. The lowest BCUT2D eigenvalue weighted by Crippen LogP contribution is -2.51. The molecule has 2 N–H and O–H groups in total. The summed E-state index contributed by atoms with van der Waals surface area (Å²) in [4.78, 5) is 38.6. The highest BCUT2D eigenvalue weighted by molar-refractivity contribution is 5.90. The number of piperazine rings is 1. The van der Waals surface area contributed by atoms with Gasteiger partial charge in [-0.2, -0.15) is 0 Å². The Morgan fingerprint density at radius 2 is 2.02 bits per heavy atom. The molecule has 10 nitrogen and oxygen atoms in total. The van der Waals surface area contributed by atoms with Gasteiger partial charge in [0.05, 0.1) is 42.2 Å². The van der Waals surface area contributed by atoms with Crippen molar-refractivity contribution in [2.45, 2.75) is 25.9 Å². The van der Waals surface area contributed by atoms with Crippen molar-refractivity contribution in [3.8, 4) is 17.1 Å². The maximum atomic E-state index is 14.1. The van der Waals surface area contributed by atoms with Crippen molar-refractivity contribution in [2.75, 3.05) is 26.7 Å². The van der Waals surface area contributed by atoms with Gasteiger partial charge in [-0.25, -0.2) is 19.3 Å². The minimum absolute atomic E-state index is 0.0535. The summed E-state index contributed by atoms with van der Waals surface area (Å²) in [5.74, 6) is 0.758. The molecule has 0 radical (unpaired) electrons. The fourth-order valence-electron chi connectivity index (χ4n) is 5.99. The summed E-state index contributed by atoms with van der Waals surface area (Å²) in [6, 6.07) is 14.1. The second-order valence-corrected chi connectivity index (χ2v) is 10.8. The Balaban J connectivity index is 1.22. The first-order chi connectivity index (χ1) is 21.0. The van der Waals surface area contributed by atoms with Crippen molar-refractivity contribution >= 4 is 27.7 Å². The van der Waals surface area contributed by atoms with Crippen LogP contribution in [0.4, 0.5) is 4.39 Å². The lowest BCUT2D eigenvalue weighted by atomic mass is 10.0. The summed E-state index contributed by atoms with van der Waals surface area (Å²) < 4.78 is 24.9. The molecule has 1 amide bonds. The van der Waals surface area contributed by atoms with Crippen molar-refractivity contribution in [1.29, 1.82) is 0 Å². The number of rotatable bonds is 7. The van der Waals surface area contributed by atoms with E-state index in [0.29, 0.717) is 37.9 Å². The number of amides is 1. The lowest BCUT2D eigenvalue weighted by Gasteiger charge is -2.40. The lowest BCUT2D eigenvalue weighted by molar-refractivity contribution is -0.136. The highest BCUT2D eigenvalue weighted by Crippen LogP contribution is 2.33. The summed E-state index contributed by atoms with van der Waals surface area (Å²) >= 11 is 0. The summed E-state index contributed by atoms with van der Waals surface area (Å²) in [7, 11) is 1.60. The van der Waals surface area contributed by atoms with Crippen LogP contribution in [0.5, 0.6) is 5.88 Å². The molecule has 4 aromatic heterocycles. The van der Waals surface area contributed by atoms with E-state index in [1.165, 1.54) is 18.5 Å². The number of H-pyrrole nitrogens is 2. The number of aromatic nitrogens is 5. The molecule has 0 aliphatic carbocycles. The zero-order valence-electron chi connectivity index (χ0n) is 23.8. The zero-order valence-corrected chi connectivity index (χ0v) is 23.8. The van der Waals surface area contributed by atoms with Crippen LogP contribution in [0.15, 0.2) is 71.8 Å². The van der Waals surface area contributed by atoms with E-state index in [2.05, 4.69) is 24.8 Å². The number of benzene rings is 2. The molecule has 0 saturated carbocycles. The van der Waals surface area contributed by atoms with Gasteiger partial charge >= 0.3 is 0 Å². The highest BCUT2D eigenvalue weighted by atomic mass is 19.1. The van der Waals surface area contributed by atoms with Gasteiger partial charge in [-0.05, 0) is 42.8 Å². The second-order valence-electron chi connectivity index (χ2n) is 10.8. The predicted octanol–water partition coefficient (Wildman–Crippen LogP) is 5.18. The molecule has 0 spiro atoms. The Morgan fingerprint density at radius 1 is 1.14 bits per heavy atom. The molecule has 5 heterocycles. The normalized spacial score (nSPS) is 15.9. The molecule has 0 bridgehead atoms. The van der Waals surface area contributed by atoms with E-state index >= 15 is 0 Å². The molecule has 43 heavy (non-hydrogen) atoms. The van der Waals surface area contributed by atoms with Crippen LogP contribution in [0.2, 0.25) is 0 Å². The minimum atomic E-state index is -0.358. The van der Waals surface area contributed by atoms with Crippen LogP contribution in [0.3, 0.4) is 0 Å². The Bertz CT molecular complexity index is 1930. The highest BCUT2D eigenvalue weighted by Gasteiger charge is 2.34. The number of nitrogens with one attached hydrogen (secondary N) is 2. The van der Waals surface area contributed by atoms with E-state index in [4.69, 9.17) is 14.1 Å². The number of carbonyl (C=O) groups excluding carboxylic acids is 1. The number of aryl methyl sites for hydroxylation is 1. The van der Waals surface area contributed by atoms with Crippen LogP contribution in [-0.4, -0.2) is 67.4 Å². The number of methoxy groups -OCH3 is 1. The molecular weight excluding hydrogens is 549 g/mol. The molecule has 218 valence electrons. The average Bonchev–Trinajstić information content (AvgIpc) is 3.78. The van der Waals surface area contributed by atoms with Gasteiger partial charge in [0.15, 0.2) is 6.39 Å². The fraction of sp³-hybridized carbons (Fsp3) is 0.250. The van der Waals surface area contributed by atoms with E-state index in [1.54, 1.807) is 25.6 Å². The van der Waals surface area contributed by atoms with Gasteiger partial charge in [-0.3, -0.25) is 9.69 Å². The van der Waals surface area contributed by atoms with Gasteiger partial charge in [-0.15, -0.1) is 0 Å². The van der Waals surface area contributed by atoms with Crippen LogP contribution in [0, 0.1) is 12.7 Å². The van der Waals surface area contributed by atoms with E-state index in [0.717, 1.165) is 50.0 Å². The topological polar surface area (TPSA) is 116 Å². The Hall–Kier alpha value is -5.03. The zero-order chi connectivity index (χ0) is 29.5. The van der Waals surface area contributed by atoms with Crippen LogP contribution in [0.1, 0.15) is 28.8 Å². The maximum Gasteiger partial charge on any atom is 0.227 e. The molecule has 1 unspecified atom stereocenters. The molecule has 1 fully saturated rings. The van der Waals surface area contributed by atoms with Gasteiger partial charge in [0.25, 0.3) is 0 Å². The molecule has 11 heteroatoms. The molecule has 6 aromatic rings. The number of aromatic amines is 2. The standard InChI is InChI=1S/C32H30FN7O3/c1-19-23(24-12-21(33)7-8-27(24)36-19)13-30(41)40-10-9-39(15-22-17-43-18-35-22)16-29(40)31-34-14-28(37-31)25-11-20-5-3-4-6-26(20)38-32(25)42-2/h3-8,11-12,14,17-18,29,36H,9-10,13,15-16H2,1-2H3,(H,34,37). The first kappa shape index (κ1) is 26.8. The van der Waals surface area contributed by atoms with Gasteiger partial charge in [0.1, 0.15) is 23.9 Å². The summed E-state index contributed by atoms with van der Waals surface area (Å²) in [6.45, 7) is 4.20. The van der Waals surface area contributed by atoms with E-state index in [-0.39, 0.29) is 24.2 Å². The monoisotopic (exact) mass is 579 g/mol. The number of ether oxygens (including phenoxy) is 1. The van der Waals surface area contributed by atoms with E-state index in [1.807, 2.05) is 42.2 Å². The first-order valence-corrected chi connectivity index (χ1v) is 14.1. The molecule has 1 saturated heterocycles. The number of para-hydroxylation sites is 1. The van der Waals surface area contributed by atoms with E-state index < -0.39 is 0 Å². The van der Waals surface area contributed by atoms with Crippen LogP contribution >= 0.6 is 0 Å². The second kappa shape index (κ2) is 11.0. The molecular formula is C32H30FN7O3. The number of oxazole rings is 1. The maximum absolute atomic E-state index is 14.1. The van der Waals surface area contributed by atoms with Crippen molar-refractivity contribution < 1.29 is 18.3 Å². The van der Waals surface area contributed by atoms with Gasteiger partial charge < -0.3 is 24.0 Å². The molecule has 1 aliphatic rings. The number of halogens is 1. The third kappa shape index (κ3) is 5.12. The first-order valence-electron chi connectivity index (χ1n) is 14.1. The number of imidazole rings is 1. The molecule has 1 aliphatic heterocycles. The third-order valence-electron chi connectivity index (χ3n) is 8.15. The number of carbonyl (C=O) groups is 1. The molecule has 7 rings (SSSR count). The summed E-state index contributed by atoms with van der Waals surface area (Å²) in [5, 5.41) is 1.71. The van der Waals surface area contributed by atoms with Crippen molar-refractivity contribution in [1.82, 2.24) is 34.7 Å². The largest absolute Gasteiger partial charge is 0.480 e. The third-order valence-corrected chi connectivity index (χ3v) is 8.15. The SMILES string of the molecule is COc1nc2ccccc2cc1-c1cnc(C2CN(Cc3cocn3)CCN2C(=O)Cc2c(C)[nH]c3ccc(F)cc23)[nH]1. The Labute approximate surface area is 246 Å². The molecule has 1 atom stereocenters. The Morgan fingerprint density at radius 3 is 2.86 bits per heavy atom. The van der Waals surface area contributed by atoms with Crippen molar-refractivity contribution in [3.63, 3.8) is 0 Å². The van der Waals surface area contributed by atoms with Crippen LogP contribution in [0.25, 0.3) is 33.1 Å². The number of hydrogen-bond acceptors (Lipinski definition) is 7. The van der Waals surface area contributed by atoms with Crippen LogP contribution < -0.4 is 4.74 Å². The number of fused-ring (bicyclic) bond motifs is 2. The Kier molecular flexibility index (Phi) is 6.86. The smallest absolute Gasteiger partial charge is 0.227 e. The van der Waals surface area contributed by atoms with E-state index in [9.17, 15) is 9.18 Å². The average molecular weight is 580 g/mol. The van der Waals surface area contributed by atoms with Gasteiger partial charge in [0.2, 0.25) is 11.8 Å². The van der Waals surface area contributed by atoms with Gasteiger partial charge in [0, 0.05) is 48.2 Å². The minimum Gasteiger partial charge on any atom is -0.480 e. The summed E-state index contributed by atoms with van der Waals surface area (Å²) in [6.07, 6.45) is 4.96. The quantitative estimate of drug-likeness (QED) is 0.268. The number of hydrogen-bond donors (Lipinski definition) is 2.